The molecule has 2 aliphatic rings. The molecule has 0 radical (unpaired) electrons. The monoisotopic (exact) mass is 461 g/mol. The van der Waals surface area contributed by atoms with Gasteiger partial charge in [-0.25, -0.2) is 32.4 Å². The Bertz CT molecular complexity index is 1120. The third kappa shape index (κ3) is 4.36. The van der Waals surface area contributed by atoms with E-state index < -0.39 is 46.5 Å². The average molecular weight is 461 g/mol. The molecule has 1 saturated heterocycles. The summed E-state index contributed by atoms with van der Waals surface area (Å²) in [5.74, 6) is -2.67. The van der Waals surface area contributed by atoms with E-state index in [1.807, 2.05) is 0 Å². The van der Waals surface area contributed by atoms with Gasteiger partial charge in [-0.05, 0) is 24.1 Å². The van der Waals surface area contributed by atoms with Gasteiger partial charge in [-0.3, -0.25) is 4.79 Å². The number of aromatic nitrogens is 2. The third-order valence-corrected chi connectivity index (χ3v) is 6.25. The van der Waals surface area contributed by atoms with Crippen LogP contribution in [0.4, 0.5) is 19.0 Å². The first-order valence-electron chi connectivity index (χ1n) is 9.78. The van der Waals surface area contributed by atoms with E-state index in [-0.39, 0.29) is 30.0 Å². The second-order valence-corrected chi connectivity index (χ2v) is 8.58. The Hall–Kier alpha value is -3.26. The molecule has 4 rings (SSSR count). The SMILES string of the molecule is C#C[S@@](=O)c1cc(N2CC[C@@H](C(=O)N3N=CC[C@@H]3c3cc(F)cc(F)c3)[C@@H](F)C2)ncn1. The first-order valence-corrected chi connectivity index (χ1v) is 10.9. The molecule has 1 amide bonds. The number of benzene rings is 1. The van der Waals surface area contributed by atoms with Crippen molar-refractivity contribution in [2.75, 3.05) is 18.0 Å². The molecule has 0 unspecified atom stereocenters. The topological polar surface area (TPSA) is 78.8 Å². The smallest absolute Gasteiger partial charge is 0.249 e. The zero-order valence-electron chi connectivity index (χ0n) is 16.7. The van der Waals surface area contributed by atoms with Crippen LogP contribution in [0.25, 0.3) is 0 Å². The molecule has 2 aliphatic heterocycles. The number of rotatable bonds is 4. The summed E-state index contributed by atoms with van der Waals surface area (Å²) in [7, 11) is -1.73. The molecule has 4 atom stereocenters. The van der Waals surface area contributed by atoms with Gasteiger partial charge >= 0.3 is 0 Å². The lowest BCUT2D eigenvalue weighted by Gasteiger charge is -2.36. The number of nitrogens with zero attached hydrogens (tertiary/aromatic N) is 5. The van der Waals surface area contributed by atoms with Gasteiger partial charge < -0.3 is 4.90 Å². The molecule has 7 nitrogen and oxygen atoms in total. The fraction of sp³-hybridized carbons (Fsp3) is 0.333. The lowest BCUT2D eigenvalue weighted by molar-refractivity contribution is -0.140. The highest BCUT2D eigenvalue weighted by Gasteiger charge is 2.40. The minimum absolute atomic E-state index is 0.119. The Labute approximate surface area is 184 Å². The van der Waals surface area contributed by atoms with E-state index in [1.54, 1.807) is 4.90 Å². The molecule has 1 fully saturated rings. The first kappa shape index (κ1) is 22.0. The number of alkyl halides is 1. The summed E-state index contributed by atoms with van der Waals surface area (Å²) in [6.07, 6.45) is 6.75. The highest BCUT2D eigenvalue weighted by molar-refractivity contribution is 7.89. The van der Waals surface area contributed by atoms with E-state index in [4.69, 9.17) is 6.42 Å². The van der Waals surface area contributed by atoms with Gasteiger partial charge in [-0.15, -0.1) is 6.42 Å². The van der Waals surface area contributed by atoms with Crippen LogP contribution < -0.4 is 4.90 Å². The van der Waals surface area contributed by atoms with Crippen molar-refractivity contribution in [2.24, 2.45) is 11.0 Å². The van der Waals surface area contributed by atoms with Crippen molar-refractivity contribution in [3.63, 3.8) is 0 Å². The van der Waals surface area contributed by atoms with Crippen molar-refractivity contribution in [3.8, 4) is 11.7 Å². The van der Waals surface area contributed by atoms with Gasteiger partial charge in [0.05, 0.1) is 18.5 Å². The molecule has 11 heteroatoms. The summed E-state index contributed by atoms with van der Waals surface area (Å²) < 4.78 is 54.1. The fourth-order valence-corrected chi connectivity index (χ4v) is 4.37. The molecule has 32 heavy (non-hydrogen) atoms. The van der Waals surface area contributed by atoms with Gasteiger partial charge in [-0.1, -0.05) is 0 Å². The Morgan fingerprint density at radius 3 is 2.62 bits per heavy atom. The van der Waals surface area contributed by atoms with Crippen molar-refractivity contribution in [1.29, 1.82) is 0 Å². The van der Waals surface area contributed by atoms with Crippen molar-refractivity contribution < 1.29 is 22.2 Å². The van der Waals surface area contributed by atoms with Crippen LogP contribution in [-0.4, -0.2) is 50.6 Å². The van der Waals surface area contributed by atoms with Crippen LogP contribution in [0.5, 0.6) is 0 Å². The number of hydrogen-bond acceptors (Lipinski definition) is 6. The maximum absolute atomic E-state index is 15.1. The Morgan fingerprint density at radius 1 is 1.19 bits per heavy atom. The number of anilines is 1. The van der Waals surface area contributed by atoms with Gasteiger partial charge in [0.1, 0.15) is 45.8 Å². The minimum atomic E-state index is -1.73. The van der Waals surface area contributed by atoms with Crippen LogP contribution in [0.2, 0.25) is 0 Å². The highest BCUT2D eigenvalue weighted by atomic mass is 32.2. The van der Waals surface area contributed by atoms with E-state index in [1.165, 1.54) is 18.6 Å². The summed E-state index contributed by atoms with van der Waals surface area (Å²) in [6, 6.07) is 3.78. The number of hydrazone groups is 1. The summed E-state index contributed by atoms with van der Waals surface area (Å²) in [6.45, 7) is 0.194. The molecule has 3 heterocycles. The largest absolute Gasteiger partial charge is 0.354 e. The predicted octanol–water partition coefficient (Wildman–Crippen LogP) is 2.58. The summed E-state index contributed by atoms with van der Waals surface area (Å²) in [5, 5.41) is 7.37. The number of carbonyl (C=O) groups excluding carboxylic acids is 1. The molecule has 1 aromatic heterocycles. The summed E-state index contributed by atoms with van der Waals surface area (Å²) in [5.41, 5.74) is 0.260. The zero-order valence-corrected chi connectivity index (χ0v) is 17.5. The normalized spacial score (nSPS) is 23.8. The molecule has 166 valence electrons. The molecular formula is C21H18F3N5O2S. The van der Waals surface area contributed by atoms with Gasteiger partial charge in [0.2, 0.25) is 5.91 Å². The number of amides is 1. The highest BCUT2D eigenvalue weighted by Crippen LogP contribution is 2.34. The summed E-state index contributed by atoms with van der Waals surface area (Å²) in [4.78, 5) is 22.6. The number of piperidine rings is 1. The summed E-state index contributed by atoms with van der Waals surface area (Å²) >= 11 is 0. The molecule has 2 aromatic rings. The number of halogens is 3. The Morgan fingerprint density at radius 2 is 1.94 bits per heavy atom. The molecule has 0 bridgehead atoms. The van der Waals surface area contributed by atoms with Crippen molar-refractivity contribution in [3.05, 3.63) is 47.8 Å². The second kappa shape index (κ2) is 9.08. The Kier molecular flexibility index (Phi) is 6.23. The van der Waals surface area contributed by atoms with Crippen LogP contribution in [0, 0.1) is 29.2 Å². The van der Waals surface area contributed by atoms with Crippen LogP contribution in [0.1, 0.15) is 24.4 Å². The maximum Gasteiger partial charge on any atom is 0.249 e. The number of hydrogen-bond donors (Lipinski definition) is 0. The van der Waals surface area contributed by atoms with Crippen LogP contribution in [-0.2, 0) is 15.6 Å². The van der Waals surface area contributed by atoms with E-state index in [0.717, 1.165) is 23.2 Å². The first-order chi connectivity index (χ1) is 15.4. The molecule has 0 saturated carbocycles. The fourth-order valence-electron chi connectivity index (χ4n) is 3.90. The van der Waals surface area contributed by atoms with Crippen molar-refractivity contribution in [1.82, 2.24) is 15.0 Å². The lowest BCUT2D eigenvalue weighted by atomic mass is 9.92. The second-order valence-electron chi connectivity index (χ2n) is 7.39. The van der Waals surface area contributed by atoms with E-state index in [0.29, 0.717) is 12.4 Å². The van der Waals surface area contributed by atoms with Gasteiger partial charge in [0.25, 0.3) is 0 Å². The van der Waals surface area contributed by atoms with E-state index in [9.17, 15) is 17.8 Å². The van der Waals surface area contributed by atoms with Crippen LogP contribution in [0.15, 0.2) is 40.7 Å². The maximum atomic E-state index is 15.1. The van der Waals surface area contributed by atoms with E-state index in [2.05, 4.69) is 20.3 Å². The zero-order chi connectivity index (χ0) is 22.8. The van der Waals surface area contributed by atoms with Crippen LogP contribution in [0.3, 0.4) is 0 Å². The molecular weight excluding hydrogens is 443 g/mol. The molecule has 1 aromatic carbocycles. The van der Waals surface area contributed by atoms with Crippen molar-refractivity contribution in [2.45, 2.75) is 30.1 Å². The third-order valence-electron chi connectivity index (χ3n) is 5.43. The molecule has 0 aliphatic carbocycles. The standard InChI is InChI=1S/C21H18F3N5O2S/c1-2-32(31)20-10-19(25-12-26-20)28-6-4-16(17(24)11-28)21(30)29-18(3-5-27-29)13-7-14(22)9-15(23)8-13/h1,5,7-10,12,16-18H,3-4,6,11H2/t16-,17+,18-,32-/m1/s1. The van der Waals surface area contributed by atoms with Gasteiger partial charge in [0.15, 0.2) is 0 Å². The molecule has 0 N–H and O–H groups in total. The quantitative estimate of drug-likeness (QED) is 0.517. The number of carbonyl (C=O) groups is 1. The lowest BCUT2D eigenvalue weighted by Crippen LogP contribution is -2.48. The average Bonchev–Trinajstić information content (AvgIpc) is 3.27. The minimum Gasteiger partial charge on any atom is -0.354 e. The molecule has 0 spiro atoms. The van der Waals surface area contributed by atoms with Crippen LogP contribution >= 0.6 is 0 Å². The van der Waals surface area contributed by atoms with Crippen molar-refractivity contribution >= 4 is 28.7 Å². The Balaban J connectivity index is 1.48. The predicted molar refractivity (Wildman–Crippen MR) is 112 cm³/mol. The van der Waals surface area contributed by atoms with Gasteiger partial charge in [0, 0.05) is 36.6 Å². The number of terminal acetylenes is 1. The van der Waals surface area contributed by atoms with E-state index >= 15 is 4.39 Å². The van der Waals surface area contributed by atoms with Gasteiger partial charge in [-0.2, -0.15) is 5.10 Å².